The van der Waals surface area contributed by atoms with E-state index in [2.05, 4.69) is 15.3 Å². The standard InChI is InChI=1S/C23H25N5O3S/c29-23(26-12-5-14-27-15-13-25-18-27)10-3-6-19-17-28(22-9-2-1-8-21(19)22)32(30,31)20-7-4-11-24-16-20/h1-2,4,7-9,11,13,15-18H,3,5-6,10,12,14H2,(H,26,29). The predicted octanol–water partition coefficient (Wildman–Crippen LogP) is 3.00. The lowest BCUT2D eigenvalue weighted by atomic mass is 10.1. The van der Waals surface area contributed by atoms with Crippen LogP contribution in [-0.4, -0.2) is 39.4 Å². The Hall–Kier alpha value is -3.46. The molecule has 3 aromatic heterocycles. The van der Waals surface area contributed by atoms with Crippen LogP contribution in [-0.2, 0) is 27.8 Å². The van der Waals surface area contributed by atoms with Crippen molar-refractivity contribution in [1.29, 1.82) is 0 Å². The summed E-state index contributed by atoms with van der Waals surface area (Å²) in [6, 6.07) is 10.6. The first-order valence-electron chi connectivity index (χ1n) is 10.5. The SMILES string of the molecule is O=C(CCCc1cn(S(=O)(=O)c2cccnc2)c2ccccc12)NCCCn1ccnc1. The Balaban J connectivity index is 1.38. The molecule has 0 saturated heterocycles. The Bertz CT molecular complexity index is 1280. The van der Waals surface area contributed by atoms with E-state index in [1.165, 1.54) is 16.2 Å². The molecule has 0 saturated carbocycles. The second kappa shape index (κ2) is 9.78. The van der Waals surface area contributed by atoms with Crippen LogP contribution in [0.15, 0.2) is 78.6 Å². The summed E-state index contributed by atoms with van der Waals surface area (Å²) in [5.41, 5.74) is 1.52. The van der Waals surface area contributed by atoms with Gasteiger partial charge in [0.1, 0.15) is 4.90 Å². The highest BCUT2D eigenvalue weighted by atomic mass is 32.2. The van der Waals surface area contributed by atoms with E-state index >= 15 is 0 Å². The minimum absolute atomic E-state index is 0.00218. The number of carbonyl (C=O) groups is 1. The van der Waals surface area contributed by atoms with Crippen molar-refractivity contribution in [2.75, 3.05) is 6.54 Å². The quantitative estimate of drug-likeness (QED) is 0.374. The molecule has 0 aliphatic heterocycles. The Morgan fingerprint density at radius 3 is 2.69 bits per heavy atom. The predicted molar refractivity (Wildman–Crippen MR) is 122 cm³/mol. The maximum absolute atomic E-state index is 13.1. The Labute approximate surface area is 187 Å². The summed E-state index contributed by atoms with van der Waals surface area (Å²) in [5.74, 6) is 0.00218. The molecular formula is C23H25N5O3S. The van der Waals surface area contributed by atoms with Gasteiger partial charge in [0.05, 0.1) is 11.8 Å². The molecule has 1 N–H and O–H groups in total. The lowest BCUT2D eigenvalue weighted by Gasteiger charge is -2.06. The number of nitrogens with zero attached hydrogens (tertiary/aromatic N) is 4. The number of amides is 1. The van der Waals surface area contributed by atoms with Crippen molar-refractivity contribution in [1.82, 2.24) is 23.8 Å². The maximum atomic E-state index is 13.1. The molecule has 0 unspecified atom stereocenters. The normalized spacial score (nSPS) is 11.6. The van der Waals surface area contributed by atoms with Gasteiger partial charge < -0.3 is 9.88 Å². The third-order valence-electron chi connectivity index (χ3n) is 5.28. The molecule has 0 bridgehead atoms. The molecule has 1 amide bonds. The number of rotatable bonds is 10. The summed E-state index contributed by atoms with van der Waals surface area (Å²) >= 11 is 0. The van der Waals surface area contributed by atoms with Crippen molar-refractivity contribution >= 4 is 26.8 Å². The maximum Gasteiger partial charge on any atom is 0.269 e. The molecule has 0 aliphatic carbocycles. The van der Waals surface area contributed by atoms with Gasteiger partial charge in [-0.2, -0.15) is 0 Å². The molecule has 166 valence electrons. The number of aromatic nitrogens is 4. The molecule has 0 spiro atoms. The zero-order valence-electron chi connectivity index (χ0n) is 17.6. The number of nitrogens with one attached hydrogen (secondary N) is 1. The van der Waals surface area contributed by atoms with Crippen LogP contribution in [0.4, 0.5) is 0 Å². The second-order valence-electron chi connectivity index (χ2n) is 7.52. The van der Waals surface area contributed by atoms with Crippen LogP contribution in [0.2, 0.25) is 0 Å². The largest absolute Gasteiger partial charge is 0.356 e. The van der Waals surface area contributed by atoms with Gasteiger partial charge in [0.15, 0.2) is 0 Å². The molecule has 4 aromatic rings. The molecule has 4 rings (SSSR count). The average Bonchev–Trinajstić information content (AvgIpc) is 3.46. The van der Waals surface area contributed by atoms with E-state index in [4.69, 9.17) is 0 Å². The summed E-state index contributed by atoms with van der Waals surface area (Å²) in [6.45, 7) is 1.42. The zero-order valence-corrected chi connectivity index (χ0v) is 18.4. The Kier molecular flexibility index (Phi) is 6.65. The van der Waals surface area contributed by atoms with Gasteiger partial charge in [-0.1, -0.05) is 18.2 Å². The fourth-order valence-electron chi connectivity index (χ4n) is 3.67. The van der Waals surface area contributed by atoms with Crippen LogP contribution >= 0.6 is 0 Å². The van der Waals surface area contributed by atoms with Gasteiger partial charge in [-0.05, 0) is 43.0 Å². The van der Waals surface area contributed by atoms with E-state index in [0.717, 1.165) is 23.9 Å². The zero-order chi connectivity index (χ0) is 22.4. The van der Waals surface area contributed by atoms with Crippen LogP contribution in [0, 0.1) is 0 Å². The summed E-state index contributed by atoms with van der Waals surface area (Å²) in [5, 5.41) is 3.81. The second-order valence-corrected chi connectivity index (χ2v) is 9.33. The number of pyridine rings is 1. The molecule has 8 nitrogen and oxygen atoms in total. The van der Waals surface area contributed by atoms with E-state index in [9.17, 15) is 13.2 Å². The van der Waals surface area contributed by atoms with E-state index in [0.29, 0.717) is 31.3 Å². The van der Waals surface area contributed by atoms with Gasteiger partial charge in [-0.3, -0.25) is 9.78 Å². The van der Waals surface area contributed by atoms with Crippen molar-refractivity contribution in [3.8, 4) is 0 Å². The highest BCUT2D eigenvalue weighted by molar-refractivity contribution is 7.90. The first kappa shape index (κ1) is 21.8. The number of para-hydroxylation sites is 1. The van der Waals surface area contributed by atoms with Gasteiger partial charge in [-0.15, -0.1) is 0 Å². The highest BCUT2D eigenvalue weighted by Crippen LogP contribution is 2.26. The summed E-state index contributed by atoms with van der Waals surface area (Å²) in [4.78, 5) is 20.2. The number of imidazole rings is 1. The van der Waals surface area contributed by atoms with Crippen molar-refractivity contribution in [2.45, 2.75) is 37.1 Å². The Morgan fingerprint density at radius 1 is 1.03 bits per heavy atom. The Morgan fingerprint density at radius 2 is 1.91 bits per heavy atom. The molecule has 0 fully saturated rings. The molecular weight excluding hydrogens is 426 g/mol. The van der Waals surface area contributed by atoms with Crippen LogP contribution < -0.4 is 5.32 Å². The minimum Gasteiger partial charge on any atom is -0.356 e. The van der Waals surface area contributed by atoms with Crippen molar-refractivity contribution < 1.29 is 13.2 Å². The van der Waals surface area contributed by atoms with Crippen molar-refractivity contribution in [3.63, 3.8) is 0 Å². The molecule has 0 radical (unpaired) electrons. The first-order chi connectivity index (χ1) is 15.6. The number of fused-ring (bicyclic) bond motifs is 1. The summed E-state index contributed by atoms with van der Waals surface area (Å²) in [6.07, 6.45) is 12.4. The van der Waals surface area contributed by atoms with Crippen LogP contribution in [0.25, 0.3) is 10.9 Å². The van der Waals surface area contributed by atoms with Gasteiger partial charge >= 0.3 is 0 Å². The lowest BCUT2D eigenvalue weighted by Crippen LogP contribution is -2.24. The van der Waals surface area contributed by atoms with Gasteiger partial charge in [-0.25, -0.2) is 17.4 Å². The van der Waals surface area contributed by atoms with E-state index in [1.807, 2.05) is 29.0 Å². The lowest BCUT2D eigenvalue weighted by molar-refractivity contribution is -0.121. The third kappa shape index (κ3) is 4.88. The van der Waals surface area contributed by atoms with Crippen LogP contribution in [0.3, 0.4) is 0 Å². The fraction of sp³-hybridized carbons (Fsp3) is 0.261. The van der Waals surface area contributed by atoms with Crippen molar-refractivity contribution in [2.24, 2.45) is 0 Å². The average molecular weight is 452 g/mol. The summed E-state index contributed by atoms with van der Waals surface area (Å²) in [7, 11) is -3.75. The molecule has 32 heavy (non-hydrogen) atoms. The molecule has 0 atom stereocenters. The van der Waals surface area contributed by atoms with E-state index in [-0.39, 0.29) is 10.8 Å². The number of hydrogen-bond acceptors (Lipinski definition) is 5. The molecule has 0 aliphatic rings. The monoisotopic (exact) mass is 451 g/mol. The third-order valence-corrected chi connectivity index (χ3v) is 6.93. The van der Waals surface area contributed by atoms with Crippen LogP contribution in [0.5, 0.6) is 0 Å². The number of benzene rings is 1. The molecule has 1 aromatic carbocycles. The topological polar surface area (TPSA) is 98.9 Å². The molecule has 3 heterocycles. The van der Waals surface area contributed by atoms with Gasteiger partial charge in [0.25, 0.3) is 10.0 Å². The number of aryl methyl sites for hydroxylation is 2. The fourth-order valence-corrected chi connectivity index (χ4v) is 5.02. The van der Waals surface area contributed by atoms with Gasteiger partial charge in [0, 0.05) is 55.9 Å². The van der Waals surface area contributed by atoms with Gasteiger partial charge in [0.2, 0.25) is 5.91 Å². The van der Waals surface area contributed by atoms with E-state index < -0.39 is 10.0 Å². The van der Waals surface area contributed by atoms with Crippen molar-refractivity contribution in [3.05, 3.63) is 79.3 Å². The first-order valence-corrected chi connectivity index (χ1v) is 12.0. The minimum atomic E-state index is -3.75. The highest BCUT2D eigenvalue weighted by Gasteiger charge is 2.21. The van der Waals surface area contributed by atoms with E-state index in [1.54, 1.807) is 37.1 Å². The summed E-state index contributed by atoms with van der Waals surface area (Å²) < 4.78 is 29.5. The number of hydrogen-bond donors (Lipinski definition) is 1. The number of carbonyl (C=O) groups excluding carboxylic acids is 1. The smallest absolute Gasteiger partial charge is 0.269 e. The molecule has 9 heteroatoms. The van der Waals surface area contributed by atoms with Crippen LogP contribution in [0.1, 0.15) is 24.8 Å².